The number of rotatable bonds is 4. The lowest BCUT2D eigenvalue weighted by Crippen LogP contribution is -2.22. The number of ether oxygens (including phenoxy) is 1. The topological polar surface area (TPSA) is 38.3 Å². The van der Waals surface area contributed by atoms with Crippen LogP contribution >= 0.6 is 0 Å². The molecular weight excluding hydrogens is 202 g/mol. The maximum absolute atomic E-state index is 11.3. The highest BCUT2D eigenvalue weighted by Gasteiger charge is 2.05. The van der Waals surface area contributed by atoms with E-state index in [4.69, 9.17) is 4.74 Å². The molecule has 1 N–H and O–H groups in total. The summed E-state index contributed by atoms with van der Waals surface area (Å²) >= 11 is 0. The van der Waals surface area contributed by atoms with Crippen molar-refractivity contribution in [2.45, 2.75) is 6.92 Å². The highest BCUT2D eigenvalue weighted by Crippen LogP contribution is 2.10. The van der Waals surface area contributed by atoms with Gasteiger partial charge in [-0.1, -0.05) is 49.1 Å². The summed E-state index contributed by atoms with van der Waals surface area (Å²) in [6.45, 7) is 5.53. The molecule has 1 aromatic rings. The number of benzene rings is 1. The van der Waals surface area contributed by atoms with E-state index < -0.39 is 6.09 Å². The second-order valence-corrected chi connectivity index (χ2v) is 3.08. The smallest absolute Gasteiger partial charge is 0.411 e. The summed E-state index contributed by atoms with van der Waals surface area (Å²) < 4.78 is 4.84. The summed E-state index contributed by atoms with van der Waals surface area (Å²) in [5.41, 5.74) is 1.68. The largest absolute Gasteiger partial charge is 0.445 e. The Morgan fingerprint density at radius 3 is 2.69 bits per heavy atom. The molecule has 3 heteroatoms. The van der Waals surface area contributed by atoms with Crippen LogP contribution in [0.4, 0.5) is 4.79 Å². The van der Waals surface area contributed by atoms with Gasteiger partial charge in [0.2, 0.25) is 0 Å². The molecule has 1 rings (SSSR count). The van der Waals surface area contributed by atoms with Crippen LogP contribution in [0.5, 0.6) is 0 Å². The van der Waals surface area contributed by atoms with Crippen molar-refractivity contribution in [1.29, 1.82) is 0 Å². The summed E-state index contributed by atoms with van der Waals surface area (Å²) in [5.74, 6) is 0. The van der Waals surface area contributed by atoms with Crippen molar-refractivity contribution >= 4 is 11.8 Å². The summed E-state index contributed by atoms with van der Waals surface area (Å²) in [6.07, 6.45) is 2.87. The SMILES string of the molecule is C=CCOC(=O)N/C(=C/C)c1ccccc1. The monoisotopic (exact) mass is 217 g/mol. The van der Waals surface area contributed by atoms with Crippen molar-refractivity contribution < 1.29 is 9.53 Å². The Morgan fingerprint density at radius 1 is 1.44 bits per heavy atom. The van der Waals surface area contributed by atoms with Gasteiger partial charge in [-0.15, -0.1) is 0 Å². The molecular formula is C13H15NO2. The van der Waals surface area contributed by atoms with Gasteiger partial charge in [-0.2, -0.15) is 0 Å². The van der Waals surface area contributed by atoms with Crippen LogP contribution in [0.1, 0.15) is 12.5 Å². The van der Waals surface area contributed by atoms with E-state index in [0.29, 0.717) is 0 Å². The molecule has 0 fully saturated rings. The Kier molecular flexibility index (Phi) is 4.86. The summed E-state index contributed by atoms with van der Waals surface area (Å²) in [5, 5.41) is 2.67. The van der Waals surface area contributed by atoms with Crippen molar-refractivity contribution in [1.82, 2.24) is 5.32 Å². The van der Waals surface area contributed by atoms with E-state index in [9.17, 15) is 4.79 Å². The number of carbonyl (C=O) groups excluding carboxylic acids is 1. The van der Waals surface area contributed by atoms with E-state index in [1.165, 1.54) is 6.08 Å². The van der Waals surface area contributed by atoms with E-state index in [2.05, 4.69) is 11.9 Å². The van der Waals surface area contributed by atoms with Gasteiger partial charge in [0.05, 0.1) is 0 Å². The molecule has 0 unspecified atom stereocenters. The van der Waals surface area contributed by atoms with Gasteiger partial charge in [0.25, 0.3) is 0 Å². The minimum Gasteiger partial charge on any atom is -0.445 e. The van der Waals surface area contributed by atoms with Crippen molar-refractivity contribution in [3.63, 3.8) is 0 Å². The zero-order valence-corrected chi connectivity index (χ0v) is 9.27. The molecule has 0 saturated carbocycles. The Labute approximate surface area is 95.4 Å². The second-order valence-electron chi connectivity index (χ2n) is 3.08. The van der Waals surface area contributed by atoms with Crippen molar-refractivity contribution in [2.75, 3.05) is 6.61 Å². The van der Waals surface area contributed by atoms with E-state index >= 15 is 0 Å². The maximum atomic E-state index is 11.3. The van der Waals surface area contributed by atoms with Crippen LogP contribution in [0, 0.1) is 0 Å². The molecule has 3 nitrogen and oxygen atoms in total. The zero-order valence-electron chi connectivity index (χ0n) is 9.27. The highest BCUT2D eigenvalue weighted by molar-refractivity contribution is 5.81. The predicted octanol–water partition coefficient (Wildman–Crippen LogP) is 2.96. The average molecular weight is 217 g/mol. The van der Waals surface area contributed by atoms with Crippen LogP contribution in [0.3, 0.4) is 0 Å². The zero-order chi connectivity index (χ0) is 11.8. The molecule has 0 atom stereocenters. The minimum atomic E-state index is -0.475. The summed E-state index contributed by atoms with van der Waals surface area (Å²) in [6, 6.07) is 9.59. The maximum Gasteiger partial charge on any atom is 0.411 e. The van der Waals surface area contributed by atoms with Gasteiger partial charge in [0.15, 0.2) is 0 Å². The highest BCUT2D eigenvalue weighted by atomic mass is 16.5. The number of hydrogen-bond donors (Lipinski definition) is 1. The first-order valence-corrected chi connectivity index (χ1v) is 5.04. The number of allylic oxidation sites excluding steroid dienone is 1. The molecule has 0 radical (unpaired) electrons. The minimum absolute atomic E-state index is 0.206. The predicted molar refractivity (Wildman–Crippen MR) is 64.8 cm³/mol. The fraction of sp³-hybridized carbons (Fsp3) is 0.154. The Bertz CT molecular complexity index is 382. The number of hydrogen-bond acceptors (Lipinski definition) is 2. The van der Waals surface area contributed by atoms with Crippen LogP contribution in [0.15, 0.2) is 49.1 Å². The fourth-order valence-electron chi connectivity index (χ4n) is 1.21. The quantitative estimate of drug-likeness (QED) is 0.787. The van der Waals surface area contributed by atoms with Crippen LogP contribution in [0.2, 0.25) is 0 Å². The van der Waals surface area contributed by atoms with Crippen LogP contribution < -0.4 is 5.32 Å². The van der Waals surface area contributed by atoms with Gasteiger partial charge >= 0.3 is 6.09 Å². The van der Waals surface area contributed by atoms with E-state index in [1.807, 2.05) is 43.3 Å². The molecule has 0 aliphatic rings. The van der Waals surface area contributed by atoms with Crippen molar-refractivity contribution in [2.24, 2.45) is 0 Å². The van der Waals surface area contributed by atoms with Gasteiger partial charge in [-0.25, -0.2) is 4.79 Å². The van der Waals surface area contributed by atoms with Crippen LogP contribution in [-0.4, -0.2) is 12.7 Å². The van der Waals surface area contributed by atoms with E-state index in [0.717, 1.165) is 11.3 Å². The third-order valence-corrected chi connectivity index (χ3v) is 1.94. The number of nitrogens with one attached hydrogen (secondary N) is 1. The molecule has 0 heterocycles. The standard InChI is InChI=1S/C13H15NO2/c1-3-10-16-13(15)14-12(4-2)11-8-6-5-7-9-11/h3-9H,1,10H2,2H3,(H,14,15)/b12-4+. The molecule has 1 amide bonds. The normalized spacial score (nSPS) is 10.7. The van der Waals surface area contributed by atoms with Gasteiger partial charge in [0, 0.05) is 5.70 Å². The lowest BCUT2D eigenvalue weighted by molar-refractivity contribution is 0.163. The lowest BCUT2D eigenvalue weighted by Gasteiger charge is -2.09. The molecule has 0 aromatic heterocycles. The van der Waals surface area contributed by atoms with Crippen molar-refractivity contribution in [3.8, 4) is 0 Å². The number of amides is 1. The third kappa shape index (κ3) is 3.61. The van der Waals surface area contributed by atoms with Gasteiger partial charge in [-0.05, 0) is 12.5 Å². The molecule has 16 heavy (non-hydrogen) atoms. The Hall–Kier alpha value is -2.03. The molecule has 0 bridgehead atoms. The van der Waals surface area contributed by atoms with Crippen LogP contribution in [0.25, 0.3) is 5.70 Å². The molecule has 0 saturated heterocycles. The number of alkyl carbamates (subject to hydrolysis) is 1. The fourth-order valence-corrected chi connectivity index (χ4v) is 1.21. The summed E-state index contributed by atoms with van der Waals surface area (Å²) in [7, 11) is 0. The van der Waals surface area contributed by atoms with Gasteiger partial charge in [-0.3, -0.25) is 5.32 Å². The number of carbonyl (C=O) groups is 1. The van der Waals surface area contributed by atoms with E-state index in [1.54, 1.807) is 0 Å². The van der Waals surface area contributed by atoms with Crippen molar-refractivity contribution in [3.05, 3.63) is 54.6 Å². The lowest BCUT2D eigenvalue weighted by atomic mass is 10.1. The molecule has 1 aromatic carbocycles. The van der Waals surface area contributed by atoms with Gasteiger partial charge < -0.3 is 4.74 Å². The molecule has 84 valence electrons. The Balaban J connectivity index is 2.64. The average Bonchev–Trinajstić information content (AvgIpc) is 2.34. The second kappa shape index (κ2) is 6.45. The molecule has 0 spiro atoms. The Morgan fingerprint density at radius 2 is 2.12 bits per heavy atom. The molecule has 0 aliphatic carbocycles. The summed E-state index contributed by atoms with van der Waals surface area (Å²) in [4.78, 5) is 11.3. The first-order valence-electron chi connectivity index (χ1n) is 5.04. The first kappa shape index (κ1) is 12.0. The van der Waals surface area contributed by atoms with E-state index in [-0.39, 0.29) is 6.61 Å². The molecule has 0 aliphatic heterocycles. The van der Waals surface area contributed by atoms with Gasteiger partial charge in [0.1, 0.15) is 6.61 Å². The first-order chi connectivity index (χ1) is 7.77. The third-order valence-electron chi connectivity index (χ3n) is 1.94. The van der Waals surface area contributed by atoms with Crippen LogP contribution in [-0.2, 0) is 4.74 Å².